The van der Waals surface area contributed by atoms with Gasteiger partial charge < -0.3 is 9.47 Å². The predicted molar refractivity (Wildman–Crippen MR) is 83.4 cm³/mol. The molecule has 1 fully saturated rings. The summed E-state index contributed by atoms with van der Waals surface area (Å²) in [7, 11) is 3.13. The van der Waals surface area contributed by atoms with E-state index in [1.165, 1.54) is 18.2 Å². The van der Waals surface area contributed by atoms with E-state index in [9.17, 15) is 4.79 Å². The largest absolute Gasteiger partial charge is 0.497 e. The molecule has 0 aromatic heterocycles. The lowest BCUT2D eigenvalue weighted by molar-refractivity contribution is -0.147. The fraction of sp³-hybridized carbons (Fsp3) is 0.500. The molecule has 1 aliphatic rings. The molecule has 0 spiro atoms. The summed E-state index contributed by atoms with van der Waals surface area (Å²) >= 11 is 0. The van der Waals surface area contributed by atoms with E-state index in [2.05, 4.69) is 25.6 Å². The molecule has 1 aromatic rings. The predicted octanol–water partition coefficient (Wildman–Crippen LogP) is 3.94. The van der Waals surface area contributed by atoms with Gasteiger partial charge in [0.15, 0.2) is 0 Å². The van der Waals surface area contributed by atoms with Gasteiger partial charge in [-0.3, -0.25) is 4.79 Å². The first-order chi connectivity index (χ1) is 10.1. The lowest BCUT2D eigenvalue weighted by Gasteiger charge is -2.36. The molecule has 0 heterocycles. The highest BCUT2D eigenvalue weighted by Gasteiger charge is 2.35. The quantitative estimate of drug-likeness (QED) is 0.622. The number of carbonyl (C=O) groups excluding carboxylic acids is 1. The van der Waals surface area contributed by atoms with Gasteiger partial charge in [-0.2, -0.15) is 0 Å². The molecular formula is C18H24O3. The Labute approximate surface area is 127 Å². The van der Waals surface area contributed by atoms with Crippen molar-refractivity contribution in [1.82, 2.24) is 0 Å². The van der Waals surface area contributed by atoms with Crippen molar-refractivity contribution in [1.29, 1.82) is 0 Å². The average Bonchev–Trinajstić information content (AvgIpc) is 2.53. The van der Waals surface area contributed by atoms with Crippen molar-refractivity contribution in [2.45, 2.75) is 32.1 Å². The molecule has 0 aliphatic heterocycles. The molecule has 1 aliphatic carbocycles. The van der Waals surface area contributed by atoms with E-state index in [0.29, 0.717) is 11.8 Å². The molecule has 0 bridgehead atoms. The van der Waals surface area contributed by atoms with Crippen molar-refractivity contribution < 1.29 is 14.3 Å². The number of allylic oxidation sites excluding steroid dienone is 1. The van der Waals surface area contributed by atoms with Crippen LogP contribution < -0.4 is 4.74 Å². The first-order valence-corrected chi connectivity index (χ1v) is 7.44. The highest BCUT2D eigenvalue weighted by atomic mass is 16.5. The Hall–Kier alpha value is -1.77. The third kappa shape index (κ3) is 3.46. The van der Waals surface area contributed by atoms with E-state index in [0.717, 1.165) is 25.0 Å². The summed E-state index contributed by atoms with van der Waals surface area (Å²) in [6, 6.07) is 8.15. The summed E-state index contributed by atoms with van der Waals surface area (Å²) in [4.78, 5) is 11.9. The third-order valence-electron chi connectivity index (χ3n) is 4.56. The number of rotatable bonds is 4. The molecule has 2 rings (SSSR count). The molecule has 0 saturated heterocycles. The Kier molecular flexibility index (Phi) is 5.05. The molecule has 114 valence electrons. The summed E-state index contributed by atoms with van der Waals surface area (Å²) in [5.41, 5.74) is 2.44. The van der Waals surface area contributed by atoms with Gasteiger partial charge in [0.2, 0.25) is 0 Å². The van der Waals surface area contributed by atoms with Crippen LogP contribution in [0, 0.1) is 11.8 Å². The summed E-state index contributed by atoms with van der Waals surface area (Å²) in [6.45, 7) is 6.22. The second-order valence-electron chi connectivity index (χ2n) is 5.87. The smallest absolute Gasteiger partial charge is 0.308 e. The van der Waals surface area contributed by atoms with Crippen LogP contribution in [0.1, 0.15) is 37.7 Å². The zero-order chi connectivity index (χ0) is 15.4. The zero-order valence-corrected chi connectivity index (χ0v) is 13.1. The Morgan fingerprint density at radius 3 is 2.38 bits per heavy atom. The molecule has 21 heavy (non-hydrogen) atoms. The van der Waals surface area contributed by atoms with Gasteiger partial charge in [0.25, 0.3) is 0 Å². The summed E-state index contributed by atoms with van der Waals surface area (Å²) in [6.07, 6.45) is 2.71. The minimum atomic E-state index is -0.0892. The number of ether oxygens (including phenoxy) is 2. The van der Waals surface area contributed by atoms with Crippen molar-refractivity contribution in [2.24, 2.45) is 11.8 Å². The van der Waals surface area contributed by atoms with Gasteiger partial charge in [-0.25, -0.2) is 0 Å². The molecule has 1 unspecified atom stereocenters. The number of esters is 1. The molecular weight excluding hydrogens is 264 g/mol. The van der Waals surface area contributed by atoms with Crippen LogP contribution in [-0.2, 0) is 9.53 Å². The lowest BCUT2D eigenvalue weighted by atomic mass is 9.69. The summed E-state index contributed by atoms with van der Waals surface area (Å²) < 4.78 is 10.1. The topological polar surface area (TPSA) is 35.5 Å². The fourth-order valence-electron chi connectivity index (χ4n) is 3.36. The third-order valence-corrected chi connectivity index (χ3v) is 4.56. The van der Waals surface area contributed by atoms with Gasteiger partial charge in [-0.05, 0) is 55.7 Å². The SMILES string of the molecule is C=C(C)[C@@H]1CCC(C(=O)OC)C[C@H]1c1ccc(OC)cc1. The number of carbonyl (C=O) groups is 1. The number of hydrogen-bond donors (Lipinski definition) is 0. The van der Waals surface area contributed by atoms with Gasteiger partial charge in [0.1, 0.15) is 5.75 Å². The molecule has 3 heteroatoms. The maximum Gasteiger partial charge on any atom is 0.308 e. The van der Waals surface area contributed by atoms with Crippen LogP contribution in [0.4, 0.5) is 0 Å². The Balaban J connectivity index is 2.24. The van der Waals surface area contributed by atoms with Gasteiger partial charge in [-0.15, -0.1) is 0 Å². The first kappa shape index (κ1) is 15.6. The Morgan fingerprint density at radius 1 is 1.19 bits per heavy atom. The summed E-state index contributed by atoms with van der Waals surface area (Å²) in [5, 5.41) is 0. The highest BCUT2D eigenvalue weighted by molar-refractivity contribution is 5.72. The molecule has 1 aromatic carbocycles. The lowest BCUT2D eigenvalue weighted by Crippen LogP contribution is -2.29. The molecule has 3 atom stereocenters. The average molecular weight is 288 g/mol. The van der Waals surface area contributed by atoms with Crippen molar-refractivity contribution in [3.8, 4) is 5.75 Å². The Bertz CT molecular complexity index is 504. The fourth-order valence-corrected chi connectivity index (χ4v) is 3.36. The monoisotopic (exact) mass is 288 g/mol. The van der Waals surface area contributed by atoms with E-state index >= 15 is 0 Å². The summed E-state index contributed by atoms with van der Waals surface area (Å²) in [5.74, 6) is 1.52. The van der Waals surface area contributed by atoms with Crippen LogP contribution in [0.2, 0.25) is 0 Å². The normalized spacial score (nSPS) is 25.2. The van der Waals surface area contributed by atoms with Gasteiger partial charge >= 0.3 is 5.97 Å². The maximum absolute atomic E-state index is 11.9. The van der Waals surface area contributed by atoms with Crippen LogP contribution in [0.15, 0.2) is 36.4 Å². The number of benzene rings is 1. The van der Waals surface area contributed by atoms with E-state index in [-0.39, 0.29) is 11.9 Å². The van der Waals surface area contributed by atoms with Crippen molar-refractivity contribution in [3.63, 3.8) is 0 Å². The standard InChI is InChI=1S/C18H24O3/c1-12(2)16-10-7-14(18(19)21-4)11-17(16)13-5-8-15(20-3)9-6-13/h5-6,8-9,14,16-17H,1,7,10-11H2,2-4H3/t14?,16-,17-/m0/s1. The van der Waals surface area contributed by atoms with Crippen LogP contribution >= 0.6 is 0 Å². The van der Waals surface area contributed by atoms with Crippen molar-refractivity contribution >= 4 is 5.97 Å². The van der Waals surface area contributed by atoms with E-state index in [1.807, 2.05) is 12.1 Å². The van der Waals surface area contributed by atoms with E-state index in [1.54, 1.807) is 7.11 Å². The van der Waals surface area contributed by atoms with E-state index < -0.39 is 0 Å². The second kappa shape index (κ2) is 6.79. The minimum Gasteiger partial charge on any atom is -0.497 e. The van der Waals surface area contributed by atoms with Crippen molar-refractivity contribution in [2.75, 3.05) is 14.2 Å². The van der Waals surface area contributed by atoms with Gasteiger partial charge in [-0.1, -0.05) is 24.3 Å². The van der Waals surface area contributed by atoms with Crippen LogP contribution in [-0.4, -0.2) is 20.2 Å². The van der Waals surface area contributed by atoms with Crippen LogP contribution in [0.3, 0.4) is 0 Å². The second-order valence-corrected chi connectivity index (χ2v) is 5.87. The van der Waals surface area contributed by atoms with Gasteiger partial charge in [0, 0.05) is 0 Å². The maximum atomic E-state index is 11.9. The van der Waals surface area contributed by atoms with Gasteiger partial charge in [0.05, 0.1) is 20.1 Å². The van der Waals surface area contributed by atoms with E-state index in [4.69, 9.17) is 9.47 Å². The molecule has 0 N–H and O–H groups in total. The highest BCUT2D eigenvalue weighted by Crippen LogP contribution is 2.44. The molecule has 3 nitrogen and oxygen atoms in total. The van der Waals surface area contributed by atoms with Crippen LogP contribution in [0.5, 0.6) is 5.75 Å². The number of hydrogen-bond acceptors (Lipinski definition) is 3. The molecule has 0 radical (unpaired) electrons. The minimum absolute atomic E-state index is 0.00213. The number of methoxy groups -OCH3 is 2. The zero-order valence-electron chi connectivity index (χ0n) is 13.1. The Morgan fingerprint density at radius 2 is 1.86 bits per heavy atom. The van der Waals surface area contributed by atoms with Crippen molar-refractivity contribution in [3.05, 3.63) is 42.0 Å². The molecule has 1 saturated carbocycles. The molecule has 0 amide bonds. The van der Waals surface area contributed by atoms with Crippen LogP contribution in [0.25, 0.3) is 0 Å². The first-order valence-electron chi connectivity index (χ1n) is 7.44.